The molecular weight excluding hydrogens is 330 g/mol. The number of nitrogens with one attached hydrogen (secondary N) is 1. The topological polar surface area (TPSA) is 70.6 Å². The van der Waals surface area contributed by atoms with Crippen LogP contribution in [-0.4, -0.2) is 65.6 Å². The van der Waals surface area contributed by atoms with Crippen LogP contribution in [0.25, 0.3) is 10.9 Å². The van der Waals surface area contributed by atoms with Gasteiger partial charge in [0, 0.05) is 38.4 Å². The van der Waals surface area contributed by atoms with Gasteiger partial charge in [0.25, 0.3) is 0 Å². The van der Waals surface area contributed by atoms with Gasteiger partial charge in [-0.05, 0) is 38.5 Å². The zero-order valence-electron chi connectivity index (χ0n) is 15.3. The minimum Gasteiger partial charge on any atom is -0.474 e. The third-order valence-corrected chi connectivity index (χ3v) is 5.07. The molecule has 4 rings (SSSR count). The number of ether oxygens (including phenoxy) is 1. The molecule has 1 aromatic carbocycles. The molecule has 1 aromatic heterocycles. The van der Waals surface area contributed by atoms with Gasteiger partial charge in [0.05, 0.1) is 23.0 Å². The lowest BCUT2D eigenvalue weighted by molar-refractivity contribution is -0.123. The first-order chi connectivity index (χ1) is 12.6. The number of piperazine rings is 1. The Hall–Kier alpha value is -2.41. The molecule has 2 aromatic rings. The molecule has 3 heterocycles. The van der Waals surface area contributed by atoms with Crippen molar-refractivity contribution in [2.24, 2.45) is 0 Å². The molecule has 0 aliphatic carbocycles. The van der Waals surface area contributed by atoms with E-state index in [2.05, 4.69) is 37.2 Å². The van der Waals surface area contributed by atoms with Gasteiger partial charge < -0.3 is 15.0 Å². The van der Waals surface area contributed by atoms with Crippen molar-refractivity contribution in [3.8, 4) is 5.88 Å². The molecule has 2 aliphatic heterocycles. The van der Waals surface area contributed by atoms with Crippen LogP contribution in [-0.2, 0) is 4.79 Å². The summed E-state index contributed by atoms with van der Waals surface area (Å²) in [5.41, 5.74) is 2.04. The summed E-state index contributed by atoms with van der Waals surface area (Å²) >= 11 is 0. The fourth-order valence-electron chi connectivity index (χ4n) is 3.76. The molecular formula is C19H25N5O2. The van der Waals surface area contributed by atoms with Crippen molar-refractivity contribution >= 4 is 22.5 Å². The molecule has 0 bridgehead atoms. The third-order valence-electron chi connectivity index (χ3n) is 5.07. The van der Waals surface area contributed by atoms with Gasteiger partial charge in [0.1, 0.15) is 6.33 Å². The van der Waals surface area contributed by atoms with Crippen molar-refractivity contribution in [2.75, 3.05) is 37.6 Å². The number of benzene rings is 1. The van der Waals surface area contributed by atoms with E-state index in [-0.39, 0.29) is 18.1 Å². The Bertz CT molecular complexity index is 802. The molecule has 7 nitrogen and oxygen atoms in total. The summed E-state index contributed by atoms with van der Waals surface area (Å²) in [6.45, 7) is 8.40. The fourth-order valence-corrected chi connectivity index (χ4v) is 3.76. The summed E-state index contributed by atoms with van der Waals surface area (Å²) in [5, 5.41) is 3.87. The van der Waals surface area contributed by atoms with Crippen molar-refractivity contribution < 1.29 is 9.53 Å². The van der Waals surface area contributed by atoms with E-state index in [0.717, 1.165) is 55.7 Å². The number of nitrogens with zero attached hydrogens (tertiary/aromatic N) is 4. The van der Waals surface area contributed by atoms with Gasteiger partial charge in [-0.1, -0.05) is 0 Å². The summed E-state index contributed by atoms with van der Waals surface area (Å²) in [6.07, 6.45) is 2.53. The van der Waals surface area contributed by atoms with Crippen molar-refractivity contribution in [3.05, 3.63) is 24.5 Å². The molecule has 1 atom stereocenters. The molecule has 2 saturated heterocycles. The van der Waals surface area contributed by atoms with E-state index in [9.17, 15) is 4.79 Å². The van der Waals surface area contributed by atoms with Crippen LogP contribution in [0.2, 0.25) is 0 Å². The predicted octanol–water partition coefficient (Wildman–Crippen LogP) is 1.43. The summed E-state index contributed by atoms with van der Waals surface area (Å²) < 4.78 is 5.84. The van der Waals surface area contributed by atoms with E-state index in [1.54, 1.807) is 6.33 Å². The number of amides is 1. The minimum absolute atomic E-state index is 0.0493. The van der Waals surface area contributed by atoms with Crippen LogP contribution in [0.4, 0.5) is 5.69 Å². The van der Waals surface area contributed by atoms with Crippen LogP contribution >= 0.6 is 0 Å². The highest BCUT2D eigenvalue weighted by Gasteiger charge is 2.32. The van der Waals surface area contributed by atoms with Gasteiger partial charge in [-0.25, -0.2) is 9.97 Å². The first kappa shape index (κ1) is 17.0. The summed E-state index contributed by atoms with van der Waals surface area (Å²) in [4.78, 5) is 25.2. The maximum Gasteiger partial charge on any atom is 0.237 e. The van der Waals surface area contributed by atoms with Gasteiger partial charge in [-0.15, -0.1) is 0 Å². The van der Waals surface area contributed by atoms with Gasteiger partial charge in [0.15, 0.2) is 0 Å². The number of anilines is 1. The molecule has 1 N–H and O–H groups in total. The van der Waals surface area contributed by atoms with E-state index < -0.39 is 0 Å². The monoisotopic (exact) mass is 355 g/mol. The smallest absolute Gasteiger partial charge is 0.237 e. The van der Waals surface area contributed by atoms with Gasteiger partial charge in [-0.3, -0.25) is 9.69 Å². The Morgan fingerprint density at radius 2 is 2.00 bits per heavy atom. The lowest BCUT2D eigenvalue weighted by Crippen LogP contribution is -2.52. The van der Waals surface area contributed by atoms with Crippen molar-refractivity contribution in [2.45, 2.75) is 32.4 Å². The standard InChI is InChI=1S/C19H25N5O2/c1-13(2)26-19-15-11-14(3-4-16(15)21-12-22-19)23-7-9-24(10-8-23)17-5-6-20-18(17)25/h3-4,11-13,17H,5-10H2,1-2H3,(H,20,25). The Kier molecular flexibility index (Phi) is 4.63. The highest BCUT2D eigenvalue weighted by atomic mass is 16.5. The SMILES string of the molecule is CC(C)Oc1ncnc2ccc(N3CCN(C4CCNC4=O)CC3)cc12. The molecule has 1 amide bonds. The first-order valence-corrected chi connectivity index (χ1v) is 9.30. The molecule has 2 aliphatic rings. The Balaban J connectivity index is 1.51. The van der Waals surface area contributed by atoms with Crippen molar-refractivity contribution in [1.82, 2.24) is 20.2 Å². The zero-order valence-corrected chi connectivity index (χ0v) is 15.3. The summed E-state index contributed by atoms with van der Waals surface area (Å²) in [7, 11) is 0. The maximum atomic E-state index is 11.9. The Labute approximate surface area is 153 Å². The van der Waals surface area contributed by atoms with E-state index in [4.69, 9.17) is 4.74 Å². The zero-order chi connectivity index (χ0) is 18.1. The largest absolute Gasteiger partial charge is 0.474 e. The first-order valence-electron chi connectivity index (χ1n) is 9.30. The second-order valence-electron chi connectivity index (χ2n) is 7.17. The van der Waals surface area contributed by atoms with Crippen molar-refractivity contribution in [1.29, 1.82) is 0 Å². The van der Waals surface area contributed by atoms with Gasteiger partial charge in [-0.2, -0.15) is 0 Å². The molecule has 2 fully saturated rings. The van der Waals surface area contributed by atoms with Crippen molar-refractivity contribution in [3.63, 3.8) is 0 Å². The van der Waals surface area contributed by atoms with Crippen LogP contribution < -0.4 is 15.0 Å². The van der Waals surface area contributed by atoms with E-state index in [1.165, 1.54) is 0 Å². The predicted molar refractivity (Wildman–Crippen MR) is 101 cm³/mol. The van der Waals surface area contributed by atoms with Gasteiger partial charge >= 0.3 is 0 Å². The molecule has 0 radical (unpaired) electrons. The summed E-state index contributed by atoms with van der Waals surface area (Å²) in [6, 6.07) is 6.29. The Morgan fingerprint density at radius 1 is 1.19 bits per heavy atom. The fraction of sp³-hybridized carbons (Fsp3) is 0.526. The highest BCUT2D eigenvalue weighted by Crippen LogP contribution is 2.28. The van der Waals surface area contributed by atoms with E-state index in [0.29, 0.717) is 5.88 Å². The number of hydrogen-bond donors (Lipinski definition) is 1. The third kappa shape index (κ3) is 3.31. The van der Waals surface area contributed by atoms with Crippen LogP contribution in [0.1, 0.15) is 20.3 Å². The number of carbonyl (C=O) groups is 1. The minimum atomic E-state index is 0.0493. The number of fused-ring (bicyclic) bond motifs is 1. The van der Waals surface area contributed by atoms with Crippen LogP contribution in [0.15, 0.2) is 24.5 Å². The van der Waals surface area contributed by atoms with E-state index >= 15 is 0 Å². The average Bonchev–Trinajstić information content (AvgIpc) is 3.07. The second-order valence-corrected chi connectivity index (χ2v) is 7.17. The number of carbonyl (C=O) groups excluding carboxylic acids is 1. The van der Waals surface area contributed by atoms with Crippen LogP contribution in [0, 0.1) is 0 Å². The van der Waals surface area contributed by atoms with E-state index in [1.807, 2.05) is 19.9 Å². The average molecular weight is 355 g/mol. The van der Waals surface area contributed by atoms with Gasteiger partial charge in [0.2, 0.25) is 11.8 Å². The highest BCUT2D eigenvalue weighted by molar-refractivity contribution is 5.87. The molecule has 0 spiro atoms. The molecule has 7 heteroatoms. The normalized spacial score (nSPS) is 21.4. The number of rotatable bonds is 4. The molecule has 0 saturated carbocycles. The molecule has 26 heavy (non-hydrogen) atoms. The molecule has 138 valence electrons. The maximum absolute atomic E-state index is 11.9. The lowest BCUT2D eigenvalue weighted by atomic mass is 10.1. The second kappa shape index (κ2) is 7.07. The number of aromatic nitrogens is 2. The summed E-state index contributed by atoms with van der Waals surface area (Å²) in [5.74, 6) is 0.810. The Morgan fingerprint density at radius 3 is 2.69 bits per heavy atom. The molecule has 1 unspecified atom stereocenters. The number of hydrogen-bond acceptors (Lipinski definition) is 6. The lowest BCUT2D eigenvalue weighted by Gasteiger charge is -2.38. The quantitative estimate of drug-likeness (QED) is 0.895. The van der Waals surface area contributed by atoms with Crippen LogP contribution in [0.3, 0.4) is 0 Å². The van der Waals surface area contributed by atoms with Crippen LogP contribution in [0.5, 0.6) is 5.88 Å².